The Balaban J connectivity index is 0.996. The fourth-order valence-corrected chi connectivity index (χ4v) is 14.5. The quantitative estimate of drug-likeness (QED) is 0.105. The molecule has 2 saturated carbocycles. The van der Waals surface area contributed by atoms with Gasteiger partial charge in [0.05, 0.1) is 74.5 Å². The Labute approximate surface area is 463 Å². The molecule has 6 saturated heterocycles. The summed E-state index contributed by atoms with van der Waals surface area (Å²) in [5, 5.41) is 8.76. The molecule has 2 N–H and O–H groups in total. The van der Waals surface area contributed by atoms with Crippen LogP contribution in [-0.2, 0) is 55.8 Å². The fraction of sp³-hybridized carbons (Fsp3) is 0.683. The number of hydrogen-bond acceptors (Lipinski definition) is 15. The number of hydrogen-bond donors (Lipinski definition) is 2. The first-order valence-corrected chi connectivity index (χ1v) is 30.0. The molecule has 18 heteroatoms. The number of fused-ring (bicyclic) bond motifs is 4. The van der Waals surface area contributed by atoms with Gasteiger partial charge in [0, 0.05) is 95.8 Å². The number of amides is 2. The molecule has 0 unspecified atom stereocenters. The Bertz CT molecular complexity index is 2860. The first kappa shape index (κ1) is 54.2. The highest BCUT2D eigenvalue weighted by Crippen LogP contribution is 2.48. The van der Waals surface area contributed by atoms with Gasteiger partial charge in [0.2, 0.25) is 5.91 Å². The molecule has 1 aromatic carbocycles. The molecule has 7 atom stereocenters. The Morgan fingerprint density at radius 1 is 0.974 bits per heavy atom. The zero-order valence-electron chi connectivity index (χ0n) is 47.1. The second-order valence-corrected chi connectivity index (χ2v) is 26.4. The minimum Gasteiger partial charge on any atom is -0.464 e. The molecular weight excluding hydrogens is 1010 g/mol. The van der Waals surface area contributed by atoms with Crippen molar-refractivity contribution in [2.24, 2.45) is 22.7 Å². The number of nitrogens with zero attached hydrogens (tertiary/aromatic N) is 6. The van der Waals surface area contributed by atoms with Gasteiger partial charge in [-0.1, -0.05) is 26.8 Å². The molecule has 8 fully saturated rings. The molecule has 13 rings (SSSR count). The lowest BCUT2D eigenvalue weighted by Crippen LogP contribution is -2.74. The standard InChI is InChI=1S/C60H82N8O9S/c1-34(2)74-19-15-36(4)75-20-18-67-48-12-9-39-23-44(48)46(52(67)45-24-41(26-61-49(45)37(5)72-8)38-13-16-65(17-14-38)42-10-11-42)25-59(6,7)31-77-58(71)50-40-21-43(22-40)68(64-50)57(70)51(63-55(69)54-35(3)27-76-54)53(56-62-47(39)28-78-56)66-29-60(30-66)32-73-33-60/h9,12,23-24,26,28,34-38,40,42-43,50-51,53-54,64H,10-11,13-22,25,27,29-33H2,1-8H3,(H,63,69)/t35-,36+,37-,40?,43?,50-,51-,53-,54-/m0/s1. The van der Waals surface area contributed by atoms with Crippen LogP contribution in [-0.4, -0.2) is 163 Å². The molecule has 7 aliphatic heterocycles. The second-order valence-electron chi connectivity index (χ2n) is 25.5. The van der Waals surface area contributed by atoms with E-state index in [1.54, 1.807) is 12.1 Å². The molecular formula is C60H82N8O9S. The fourth-order valence-electron chi connectivity index (χ4n) is 13.5. The van der Waals surface area contributed by atoms with Crippen molar-refractivity contribution in [2.45, 2.75) is 167 Å². The number of carbonyl (C=O) groups excluding carboxylic acids is 3. The third-order valence-electron chi connectivity index (χ3n) is 18.4. The summed E-state index contributed by atoms with van der Waals surface area (Å²) in [5.74, 6) is -0.585. The molecule has 422 valence electrons. The van der Waals surface area contributed by atoms with E-state index in [0.29, 0.717) is 77.8 Å². The number of piperidine rings is 1. The molecule has 17 nitrogen and oxygen atoms in total. The van der Waals surface area contributed by atoms with Gasteiger partial charge >= 0.3 is 5.97 Å². The van der Waals surface area contributed by atoms with E-state index in [1.807, 2.05) is 6.92 Å². The van der Waals surface area contributed by atoms with E-state index in [9.17, 15) is 9.59 Å². The van der Waals surface area contributed by atoms with Crippen LogP contribution < -0.4 is 10.7 Å². The molecule has 78 heavy (non-hydrogen) atoms. The third-order valence-corrected chi connectivity index (χ3v) is 19.3. The van der Waals surface area contributed by atoms with E-state index in [1.165, 1.54) is 29.7 Å². The second kappa shape index (κ2) is 21.8. The van der Waals surface area contributed by atoms with Gasteiger partial charge in [0.25, 0.3) is 5.91 Å². The average Bonchev–Trinajstić information content (AvgIpc) is 4.18. The van der Waals surface area contributed by atoms with Crippen molar-refractivity contribution in [2.75, 3.05) is 72.9 Å². The highest BCUT2D eigenvalue weighted by molar-refractivity contribution is 7.10. The number of esters is 1. The van der Waals surface area contributed by atoms with Crippen LogP contribution in [0.2, 0.25) is 0 Å². The van der Waals surface area contributed by atoms with Crippen molar-refractivity contribution >= 4 is 40.0 Å². The van der Waals surface area contributed by atoms with Crippen LogP contribution in [0, 0.1) is 22.7 Å². The number of methoxy groups -OCH3 is 1. The number of nitrogens with one attached hydrogen (secondary N) is 2. The van der Waals surface area contributed by atoms with Crippen molar-refractivity contribution in [3.8, 4) is 22.5 Å². The Hall–Kier alpha value is -4.37. The molecule has 0 radical (unpaired) electrons. The number of benzene rings is 1. The van der Waals surface area contributed by atoms with Crippen LogP contribution in [0.5, 0.6) is 0 Å². The van der Waals surface area contributed by atoms with Crippen molar-refractivity contribution in [3.63, 3.8) is 0 Å². The third kappa shape index (κ3) is 10.6. The van der Waals surface area contributed by atoms with E-state index in [-0.39, 0.29) is 66.0 Å². The highest BCUT2D eigenvalue weighted by atomic mass is 32.1. The molecule has 3 aromatic heterocycles. The molecule has 4 aromatic rings. The molecule has 1 spiro atoms. The van der Waals surface area contributed by atoms with Gasteiger partial charge < -0.3 is 43.2 Å². The van der Waals surface area contributed by atoms with Gasteiger partial charge in [-0.3, -0.25) is 29.3 Å². The average molecular weight is 1090 g/mol. The zero-order valence-corrected chi connectivity index (χ0v) is 47.9. The number of hydrazine groups is 1. The summed E-state index contributed by atoms with van der Waals surface area (Å²) in [5.41, 5.74) is 11.0. The Morgan fingerprint density at radius 2 is 1.76 bits per heavy atom. The van der Waals surface area contributed by atoms with Crippen LogP contribution in [0.25, 0.3) is 33.4 Å². The van der Waals surface area contributed by atoms with Gasteiger partial charge in [0.15, 0.2) is 0 Å². The van der Waals surface area contributed by atoms with Crippen LogP contribution >= 0.6 is 11.3 Å². The Morgan fingerprint density at radius 3 is 2.44 bits per heavy atom. The lowest BCUT2D eigenvalue weighted by Gasteiger charge is -2.58. The number of likely N-dealkylation sites (tertiary alicyclic amines) is 2. The van der Waals surface area contributed by atoms with Crippen LogP contribution in [0.1, 0.15) is 133 Å². The molecule has 9 aliphatic rings. The predicted octanol–water partition coefficient (Wildman–Crippen LogP) is 7.61. The van der Waals surface area contributed by atoms with Crippen molar-refractivity contribution in [1.82, 2.24) is 40.1 Å². The van der Waals surface area contributed by atoms with Crippen molar-refractivity contribution in [3.05, 3.63) is 57.7 Å². The lowest BCUT2D eigenvalue weighted by atomic mass is 9.72. The van der Waals surface area contributed by atoms with Crippen LogP contribution in [0.15, 0.2) is 35.8 Å². The first-order chi connectivity index (χ1) is 37.6. The Kier molecular flexibility index (Phi) is 15.2. The normalized spacial score (nSPS) is 29.0. The maximum absolute atomic E-state index is 15.4. The maximum atomic E-state index is 15.4. The molecule has 8 bridgehead atoms. The number of aromatic nitrogens is 3. The van der Waals surface area contributed by atoms with Crippen molar-refractivity contribution < 1.29 is 42.8 Å². The predicted molar refractivity (Wildman–Crippen MR) is 297 cm³/mol. The van der Waals surface area contributed by atoms with Crippen LogP contribution in [0.3, 0.4) is 0 Å². The van der Waals surface area contributed by atoms with Gasteiger partial charge in [-0.05, 0) is 133 Å². The zero-order chi connectivity index (χ0) is 54.2. The summed E-state index contributed by atoms with van der Waals surface area (Å²) in [7, 11) is 1.75. The summed E-state index contributed by atoms with van der Waals surface area (Å²) in [6.45, 7) is 21.9. The van der Waals surface area contributed by atoms with E-state index in [2.05, 4.69) is 102 Å². The summed E-state index contributed by atoms with van der Waals surface area (Å²) >= 11 is 1.52. The van der Waals surface area contributed by atoms with Gasteiger partial charge in [-0.15, -0.1) is 11.3 Å². The number of cyclic esters (lactones) is 1. The van der Waals surface area contributed by atoms with E-state index in [0.717, 1.165) is 88.1 Å². The van der Waals surface area contributed by atoms with Gasteiger partial charge in [-0.25, -0.2) is 10.4 Å². The van der Waals surface area contributed by atoms with Crippen LogP contribution in [0.4, 0.5) is 0 Å². The van der Waals surface area contributed by atoms with E-state index < -0.39 is 29.6 Å². The van der Waals surface area contributed by atoms with E-state index >= 15 is 4.79 Å². The maximum Gasteiger partial charge on any atom is 0.325 e. The SMILES string of the molecule is CO[C@@H](C)c1ncc(C2CCN(C3CC3)CC2)cc1-c1c2c3cc(ccc3n1CCO[C@H](C)CCOC(C)C)-c1csc(n1)[C@@H](N1CC3(COC3)C1)[C@H](NC(=O)[C@H]1OC[C@@H]1C)C(=O)N1N[C@H](C(=O)OCC(C)(C)C2)C2CC1C2. The highest BCUT2D eigenvalue weighted by Gasteiger charge is 2.57. The number of carbonyl (C=O) groups is 3. The number of pyridine rings is 1. The lowest BCUT2D eigenvalue weighted by molar-refractivity contribution is -0.204. The number of rotatable bonds is 16. The summed E-state index contributed by atoms with van der Waals surface area (Å²) in [6, 6.07) is 7.33. The summed E-state index contributed by atoms with van der Waals surface area (Å²) in [4.78, 5) is 60.0. The minimum atomic E-state index is -1.03. The minimum absolute atomic E-state index is 0.00363. The molecule has 10 heterocycles. The summed E-state index contributed by atoms with van der Waals surface area (Å²) < 4.78 is 39.1. The smallest absolute Gasteiger partial charge is 0.325 e. The van der Waals surface area contributed by atoms with E-state index in [4.69, 9.17) is 38.4 Å². The first-order valence-electron chi connectivity index (χ1n) is 29.2. The monoisotopic (exact) mass is 1090 g/mol. The van der Waals surface area contributed by atoms with Crippen molar-refractivity contribution in [1.29, 1.82) is 0 Å². The topological polar surface area (TPSA) is 171 Å². The number of ether oxygens (including phenoxy) is 6. The number of thiazole rings is 1. The molecule has 2 amide bonds. The van der Waals surface area contributed by atoms with Gasteiger partial charge in [0.1, 0.15) is 23.2 Å². The van der Waals surface area contributed by atoms with Gasteiger partial charge in [-0.2, -0.15) is 0 Å². The largest absolute Gasteiger partial charge is 0.464 e. The molecule has 2 aliphatic carbocycles. The summed E-state index contributed by atoms with van der Waals surface area (Å²) in [6.07, 6.45) is 8.76.